The van der Waals surface area contributed by atoms with Crippen LogP contribution in [-0.4, -0.2) is 37.2 Å². The molecular weight excluding hydrogens is 372 g/mol. The van der Waals surface area contributed by atoms with E-state index in [-0.39, 0.29) is 25.2 Å². The molecule has 154 valence electrons. The van der Waals surface area contributed by atoms with Crippen molar-refractivity contribution in [1.29, 1.82) is 0 Å². The minimum Gasteiger partial charge on any atom is -0.466 e. The molecule has 0 aromatic heterocycles. The van der Waals surface area contributed by atoms with Crippen LogP contribution in [0.1, 0.15) is 34.1 Å². The second-order valence-electron chi connectivity index (χ2n) is 5.81. The predicted molar refractivity (Wildman–Crippen MR) is 110 cm³/mol. The van der Waals surface area contributed by atoms with Gasteiger partial charge in [-0.25, -0.2) is 4.79 Å². The van der Waals surface area contributed by atoms with Gasteiger partial charge in [-0.1, -0.05) is 29.6 Å². The van der Waals surface area contributed by atoms with E-state index in [1.165, 1.54) is 19.9 Å². The van der Waals surface area contributed by atoms with Crippen molar-refractivity contribution in [2.24, 2.45) is 0 Å². The van der Waals surface area contributed by atoms with E-state index in [2.05, 4.69) is 23.7 Å². The van der Waals surface area contributed by atoms with Gasteiger partial charge in [0.2, 0.25) is 0 Å². The first kappa shape index (κ1) is 25.5. The lowest BCUT2D eigenvalue weighted by molar-refractivity contribution is -0.144. The topological polar surface area (TPSA) is 78.9 Å². The van der Waals surface area contributed by atoms with Crippen LogP contribution in [0.5, 0.6) is 0 Å². The van der Waals surface area contributed by atoms with Crippen molar-refractivity contribution >= 4 is 17.9 Å². The number of esters is 3. The highest BCUT2D eigenvalue weighted by Gasteiger charge is 2.10. The van der Waals surface area contributed by atoms with Crippen molar-refractivity contribution in [2.75, 3.05) is 13.2 Å². The molecule has 29 heavy (non-hydrogen) atoms. The van der Waals surface area contributed by atoms with E-state index in [1.54, 1.807) is 50.3 Å². The van der Waals surface area contributed by atoms with E-state index in [0.717, 1.165) is 5.57 Å². The molecule has 0 rings (SSSR count). The predicted octanol–water partition coefficient (Wildman–Crippen LogP) is 3.06. The Hall–Kier alpha value is -3.51. The fraction of sp³-hybridized carbons (Fsp3) is 0.348. The Kier molecular flexibility index (Phi) is 14.6. The normalized spacial score (nSPS) is 11.2. The molecule has 0 saturated carbocycles. The van der Waals surface area contributed by atoms with Crippen LogP contribution in [-0.2, 0) is 28.6 Å². The van der Waals surface area contributed by atoms with E-state index in [4.69, 9.17) is 14.2 Å². The molecular formula is C23H26O6. The molecule has 0 saturated heterocycles. The van der Waals surface area contributed by atoms with E-state index < -0.39 is 12.1 Å². The van der Waals surface area contributed by atoms with Crippen molar-refractivity contribution < 1.29 is 28.6 Å². The number of carbonyl (C=O) groups is 3. The Morgan fingerprint density at radius 1 is 0.897 bits per heavy atom. The lowest BCUT2D eigenvalue weighted by Crippen LogP contribution is -2.17. The Bertz CT molecular complexity index is 787. The summed E-state index contributed by atoms with van der Waals surface area (Å²) in [6.07, 6.45) is 11.0. The lowest BCUT2D eigenvalue weighted by Gasteiger charge is -2.13. The second-order valence-corrected chi connectivity index (χ2v) is 5.81. The Morgan fingerprint density at radius 3 is 2.17 bits per heavy atom. The van der Waals surface area contributed by atoms with Crippen LogP contribution in [0, 0.1) is 23.7 Å². The summed E-state index contributed by atoms with van der Waals surface area (Å²) in [5.74, 6) is 9.48. The third-order valence-electron chi connectivity index (χ3n) is 2.79. The van der Waals surface area contributed by atoms with Gasteiger partial charge in [0.1, 0.15) is 12.7 Å². The van der Waals surface area contributed by atoms with Gasteiger partial charge in [-0.15, -0.1) is 0 Å². The number of rotatable bonds is 9. The van der Waals surface area contributed by atoms with E-state index >= 15 is 0 Å². The van der Waals surface area contributed by atoms with Crippen molar-refractivity contribution in [3.05, 3.63) is 48.1 Å². The lowest BCUT2D eigenvalue weighted by atomic mass is 10.2. The van der Waals surface area contributed by atoms with Crippen LogP contribution in [0.3, 0.4) is 0 Å². The molecule has 0 spiro atoms. The van der Waals surface area contributed by atoms with Crippen LogP contribution >= 0.6 is 0 Å². The van der Waals surface area contributed by atoms with Crippen LogP contribution < -0.4 is 0 Å². The van der Waals surface area contributed by atoms with Gasteiger partial charge in [0.15, 0.2) is 0 Å². The highest BCUT2D eigenvalue weighted by atomic mass is 16.6. The zero-order chi connectivity index (χ0) is 21.9. The Labute approximate surface area is 172 Å². The van der Waals surface area contributed by atoms with E-state index in [9.17, 15) is 14.4 Å². The molecule has 0 aromatic carbocycles. The van der Waals surface area contributed by atoms with Gasteiger partial charge in [-0.2, -0.15) is 0 Å². The number of carbonyl (C=O) groups excluding carboxylic acids is 3. The molecule has 1 atom stereocenters. The summed E-state index contributed by atoms with van der Waals surface area (Å²) in [6.45, 7) is 6.58. The van der Waals surface area contributed by atoms with Gasteiger partial charge in [0.05, 0.1) is 6.61 Å². The zero-order valence-electron chi connectivity index (χ0n) is 17.2. The maximum Gasteiger partial charge on any atom is 0.331 e. The molecule has 0 aromatic rings. The molecule has 0 aliphatic carbocycles. The van der Waals surface area contributed by atoms with Crippen LogP contribution in [0.15, 0.2) is 48.1 Å². The second kappa shape index (κ2) is 16.6. The molecule has 0 amide bonds. The average molecular weight is 398 g/mol. The SMILES string of the molecule is CC(=O)OCC=CC#CC#CC=CC=C[C@H](CCOC(C)=O)OC(=O)C=C(C)C. The quantitative estimate of drug-likeness (QED) is 0.195. The number of hydrogen-bond donors (Lipinski definition) is 0. The molecule has 0 N–H and O–H groups in total. The molecule has 0 aliphatic rings. The first-order valence-corrected chi connectivity index (χ1v) is 8.93. The van der Waals surface area contributed by atoms with Crippen molar-refractivity contribution in [3.8, 4) is 23.7 Å². The molecule has 0 bridgehead atoms. The standard InChI is InChI=1S/C23H26O6/c1-19(2)18-23(26)29-22(15-17-28-21(4)25)14-12-10-8-6-5-7-9-11-13-16-27-20(3)24/h8,10-14,18,22H,15-17H2,1-4H3/t22-/m1/s1. The fourth-order valence-electron chi connectivity index (χ4n) is 1.65. The average Bonchev–Trinajstić information content (AvgIpc) is 2.61. The van der Waals surface area contributed by atoms with Gasteiger partial charge in [-0.3, -0.25) is 9.59 Å². The van der Waals surface area contributed by atoms with Gasteiger partial charge >= 0.3 is 17.9 Å². The summed E-state index contributed by atoms with van der Waals surface area (Å²) in [6, 6.07) is 0. The monoisotopic (exact) mass is 398 g/mol. The van der Waals surface area contributed by atoms with Gasteiger partial charge < -0.3 is 14.2 Å². The van der Waals surface area contributed by atoms with Crippen LogP contribution in [0.2, 0.25) is 0 Å². The summed E-state index contributed by atoms with van der Waals surface area (Å²) in [7, 11) is 0. The largest absolute Gasteiger partial charge is 0.466 e. The molecule has 6 heteroatoms. The summed E-state index contributed by atoms with van der Waals surface area (Å²) in [4.78, 5) is 33.2. The summed E-state index contributed by atoms with van der Waals surface area (Å²) >= 11 is 0. The summed E-state index contributed by atoms with van der Waals surface area (Å²) < 4.78 is 14.9. The first-order valence-electron chi connectivity index (χ1n) is 8.93. The molecule has 0 unspecified atom stereocenters. The summed E-state index contributed by atoms with van der Waals surface area (Å²) in [5, 5.41) is 0. The molecule has 0 heterocycles. The third-order valence-corrected chi connectivity index (χ3v) is 2.79. The maximum atomic E-state index is 11.8. The molecule has 6 nitrogen and oxygen atoms in total. The minimum atomic E-state index is -0.530. The molecule has 0 fully saturated rings. The van der Waals surface area contributed by atoms with Crippen molar-refractivity contribution in [3.63, 3.8) is 0 Å². The zero-order valence-corrected chi connectivity index (χ0v) is 17.2. The van der Waals surface area contributed by atoms with Gasteiger partial charge in [0.25, 0.3) is 0 Å². The smallest absolute Gasteiger partial charge is 0.331 e. The number of hydrogen-bond acceptors (Lipinski definition) is 6. The highest BCUT2D eigenvalue weighted by Crippen LogP contribution is 2.04. The minimum absolute atomic E-state index is 0.149. The molecule has 0 aliphatic heterocycles. The highest BCUT2D eigenvalue weighted by molar-refractivity contribution is 5.82. The first-order chi connectivity index (χ1) is 13.8. The number of allylic oxidation sites excluding steroid dienone is 5. The maximum absolute atomic E-state index is 11.8. The van der Waals surface area contributed by atoms with Crippen LogP contribution in [0.25, 0.3) is 0 Å². The Balaban J connectivity index is 4.60. The summed E-state index contributed by atoms with van der Waals surface area (Å²) in [5.41, 5.74) is 0.829. The van der Waals surface area contributed by atoms with Crippen LogP contribution in [0.4, 0.5) is 0 Å². The third kappa shape index (κ3) is 19.1. The van der Waals surface area contributed by atoms with Gasteiger partial charge in [0, 0.05) is 26.3 Å². The fourth-order valence-corrected chi connectivity index (χ4v) is 1.65. The van der Waals surface area contributed by atoms with Crippen molar-refractivity contribution in [1.82, 2.24) is 0 Å². The van der Waals surface area contributed by atoms with E-state index in [0.29, 0.717) is 6.42 Å². The molecule has 0 radical (unpaired) electrons. The van der Waals surface area contributed by atoms with E-state index in [1.807, 2.05) is 0 Å². The van der Waals surface area contributed by atoms with Crippen molar-refractivity contribution in [2.45, 2.75) is 40.2 Å². The van der Waals surface area contributed by atoms with Gasteiger partial charge in [-0.05, 0) is 50.0 Å². The Morgan fingerprint density at radius 2 is 1.55 bits per heavy atom. The number of ether oxygens (including phenoxy) is 3.